The number of anilines is 1. The van der Waals surface area contributed by atoms with Gasteiger partial charge in [-0.05, 0) is 18.9 Å². The van der Waals surface area contributed by atoms with E-state index in [9.17, 15) is 9.59 Å². The van der Waals surface area contributed by atoms with Crippen LogP contribution in [0.1, 0.15) is 31.2 Å². The number of carbonyl (C=O) groups excluding carboxylic acids is 2. The number of aliphatic imine (C=N–C) groups is 1. The van der Waals surface area contributed by atoms with E-state index in [2.05, 4.69) is 10.3 Å². The zero-order valence-corrected chi connectivity index (χ0v) is 9.98. The van der Waals surface area contributed by atoms with Gasteiger partial charge in [-0.3, -0.25) is 0 Å². The summed E-state index contributed by atoms with van der Waals surface area (Å²) >= 11 is 0. The van der Waals surface area contributed by atoms with Gasteiger partial charge in [-0.25, -0.2) is 9.59 Å². The van der Waals surface area contributed by atoms with Crippen LogP contribution >= 0.6 is 0 Å². The molecule has 0 atom stereocenters. The van der Waals surface area contributed by atoms with Gasteiger partial charge in [-0.2, -0.15) is 4.99 Å². The highest BCUT2D eigenvalue weighted by molar-refractivity contribution is 5.89. The monoisotopic (exact) mass is 245 g/mol. The topological polar surface area (TPSA) is 84.6 Å². The van der Waals surface area contributed by atoms with Crippen LogP contribution in [0.5, 0.6) is 0 Å². The fourth-order valence-electron chi connectivity index (χ4n) is 2.62. The van der Waals surface area contributed by atoms with Crippen LogP contribution in [-0.2, 0) is 10.3 Å². The third-order valence-corrected chi connectivity index (χ3v) is 3.38. The molecule has 2 rings (SSSR count). The molecular weight excluding hydrogens is 230 g/mol. The molecule has 5 nitrogen and oxygen atoms in total. The number of amides is 2. The molecule has 3 N–H and O–H groups in total. The maximum Gasteiger partial charge on any atom is 0.316 e. The molecule has 0 aliphatic heterocycles. The number of nitrogens with zero attached hydrogens (tertiary/aromatic N) is 1. The smallest absolute Gasteiger partial charge is 0.316 e. The Kier molecular flexibility index (Phi) is 3.44. The van der Waals surface area contributed by atoms with Crippen molar-refractivity contribution in [2.75, 3.05) is 5.32 Å². The number of hydrogen-bond donors (Lipinski definition) is 2. The molecule has 1 aliphatic carbocycles. The van der Waals surface area contributed by atoms with E-state index in [-0.39, 0.29) is 0 Å². The summed E-state index contributed by atoms with van der Waals surface area (Å²) < 4.78 is 0. The molecule has 1 fully saturated rings. The predicted molar refractivity (Wildman–Crippen MR) is 67.9 cm³/mol. The third-order valence-electron chi connectivity index (χ3n) is 3.38. The summed E-state index contributed by atoms with van der Waals surface area (Å²) in [6, 6.07) is 6.69. The molecule has 0 aromatic heterocycles. The van der Waals surface area contributed by atoms with Gasteiger partial charge in [0.15, 0.2) is 0 Å². The SMILES string of the molecule is NC(=O)Nc1ccccc1C1(N=C=O)CCCC1. The number of nitrogens with one attached hydrogen (secondary N) is 1. The Balaban J connectivity index is 2.47. The molecule has 1 aromatic rings. The van der Waals surface area contributed by atoms with E-state index in [1.807, 2.05) is 18.2 Å². The van der Waals surface area contributed by atoms with Crippen LogP contribution in [0.15, 0.2) is 29.3 Å². The first-order valence-electron chi connectivity index (χ1n) is 5.93. The minimum atomic E-state index is -0.620. The zero-order valence-electron chi connectivity index (χ0n) is 9.98. The standard InChI is InChI=1S/C13H15N3O2/c14-12(18)16-11-6-2-1-5-10(11)13(15-9-17)7-3-4-8-13/h1-2,5-6H,3-4,7-8H2,(H3,14,16,18). The molecule has 0 bridgehead atoms. The molecular formula is C13H15N3O2. The van der Waals surface area contributed by atoms with Crippen LogP contribution in [0.4, 0.5) is 10.5 Å². The van der Waals surface area contributed by atoms with Crippen molar-refractivity contribution in [2.24, 2.45) is 10.7 Å². The lowest BCUT2D eigenvalue weighted by Crippen LogP contribution is -2.25. The average molecular weight is 245 g/mol. The maximum atomic E-state index is 11.0. The van der Waals surface area contributed by atoms with E-state index >= 15 is 0 Å². The first-order chi connectivity index (χ1) is 8.68. The van der Waals surface area contributed by atoms with E-state index in [4.69, 9.17) is 5.73 Å². The van der Waals surface area contributed by atoms with Crippen LogP contribution < -0.4 is 11.1 Å². The summed E-state index contributed by atoms with van der Waals surface area (Å²) in [7, 11) is 0. The van der Waals surface area contributed by atoms with E-state index in [1.165, 1.54) is 0 Å². The number of hydrogen-bond acceptors (Lipinski definition) is 3. The van der Waals surface area contributed by atoms with Crippen LogP contribution in [0.3, 0.4) is 0 Å². The van der Waals surface area contributed by atoms with Crippen molar-refractivity contribution in [2.45, 2.75) is 31.2 Å². The first kappa shape index (κ1) is 12.3. The predicted octanol–water partition coefficient (Wildman–Crippen LogP) is 2.28. The lowest BCUT2D eigenvalue weighted by atomic mass is 9.87. The Morgan fingerprint density at radius 2 is 2.00 bits per heavy atom. The fraction of sp³-hybridized carbons (Fsp3) is 0.385. The number of urea groups is 1. The van der Waals surface area contributed by atoms with Crippen molar-refractivity contribution < 1.29 is 9.59 Å². The molecule has 1 saturated carbocycles. The van der Waals surface area contributed by atoms with Crippen molar-refractivity contribution >= 4 is 17.8 Å². The maximum absolute atomic E-state index is 11.0. The fourth-order valence-corrected chi connectivity index (χ4v) is 2.62. The summed E-state index contributed by atoms with van der Waals surface area (Å²) in [5, 5.41) is 2.58. The van der Waals surface area contributed by atoms with E-state index in [1.54, 1.807) is 12.1 Å². The minimum absolute atomic E-state index is 0.555. The number of nitrogens with two attached hydrogens (primary N) is 1. The second kappa shape index (κ2) is 5.02. The molecule has 1 aliphatic rings. The number of primary amides is 1. The molecule has 5 heteroatoms. The Hall–Kier alpha value is -2.13. The lowest BCUT2D eigenvalue weighted by Gasteiger charge is -2.25. The molecule has 18 heavy (non-hydrogen) atoms. The molecule has 1 aromatic carbocycles. The highest BCUT2D eigenvalue weighted by Crippen LogP contribution is 2.44. The summed E-state index contributed by atoms with van der Waals surface area (Å²) in [4.78, 5) is 25.7. The van der Waals surface area contributed by atoms with Gasteiger partial charge in [0.1, 0.15) is 5.54 Å². The van der Waals surface area contributed by atoms with E-state index in [0.29, 0.717) is 5.69 Å². The number of para-hydroxylation sites is 1. The average Bonchev–Trinajstić information content (AvgIpc) is 2.79. The molecule has 2 amide bonds. The molecule has 94 valence electrons. The Bertz CT molecular complexity index is 501. The molecule has 0 heterocycles. The van der Waals surface area contributed by atoms with Crippen LogP contribution in [0.2, 0.25) is 0 Å². The van der Waals surface area contributed by atoms with E-state index in [0.717, 1.165) is 31.2 Å². The summed E-state index contributed by atoms with van der Waals surface area (Å²) in [5.74, 6) is 0. The number of rotatable bonds is 3. The zero-order chi connectivity index (χ0) is 13.0. The Morgan fingerprint density at radius 1 is 1.33 bits per heavy atom. The van der Waals surface area contributed by atoms with Gasteiger partial charge >= 0.3 is 6.03 Å². The number of isocyanates is 1. The van der Waals surface area contributed by atoms with Gasteiger partial charge in [0.05, 0.1) is 0 Å². The van der Waals surface area contributed by atoms with Gasteiger partial charge < -0.3 is 11.1 Å². The van der Waals surface area contributed by atoms with Crippen molar-refractivity contribution in [3.63, 3.8) is 0 Å². The van der Waals surface area contributed by atoms with Crippen LogP contribution in [0.25, 0.3) is 0 Å². The first-order valence-corrected chi connectivity index (χ1v) is 5.93. The minimum Gasteiger partial charge on any atom is -0.351 e. The molecule has 0 unspecified atom stereocenters. The van der Waals surface area contributed by atoms with Gasteiger partial charge in [0.2, 0.25) is 6.08 Å². The quantitative estimate of drug-likeness (QED) is 0.632. The highest BCUT2D eigenvalue weighted by atomic mass is 16.2. The van der Waals surface area contributed by atoms with Gasteiger partial charge in [0.25, 0.3) is 0 Å². The number of benzene rings is 1. The van der Waals surface area contributed by atoms with Crippen molar-refractivity contribution in [3.05, 3.63) is 29.8 Å². The third kappa shape index (κ3) is 2.26. The van der Waals surface area contributed by atoms with Crippen molar-refractivity contribution in [1.29, 1.82) is 0 Å². The summed E-state index contributed by atoms with van der Waals surface area (Å²) in [6.07, 6.45) is 5.26. The van der Waals surface area contributed by atoms with Crippen molar-refractivity contribution in [3.8, 4) is 0 Å². The van der Waals surface area contributed by atoms with Gasteiger partial charge in [0, 0.05) is 11.3 Å². The largest absolute Gasteiger partial charge is 0.351 e. The molecule has 0 radical (unpaired) electrons. The van der Waals surface area contributed by atoms with Crippen molar-refractivity contribution in [1.82, 2.24) is 0 Å². The number of carbonyl (C=O) groups is 1. The Labute approximate surface area is 105 Å². The lowest BCUT2D eigenvalue weighted by molar-refractivity contribution is 0.259. The van der Waals surface area contributed by atoms with Gasteiger partial charge in [-0.1, -0.05) is 31.0 Å². The Morgan fingerprint density at radius 3 is 2.61 bits per heavy atom. The summed E-state index contributed by atoms with van der Waals surface area (Å²) in [6.45, 7) is 0. The molecule has 0 spiro atoms. The summed E-state index contributed by atoms with van der Waals surface area (Å²) in [5.41, 5.74) is 6.05. The van der Waals surface area contributed by atoms with Crippen LogP contribution in [0, 0.1) is 0 Å². The highest BCUT2D eigenvalue weighted by Gasteiger charge is 2.37. The van der Waals surface area contributed by atoms with Gasteiger partial charge in [-0.15, -0.1) is 0 Å². The normalized spacial score (nSPS) is 16.9. The second-order valence-electron chi connectivity index (χ2n) is 4.48. The van der Waals surface area contributed by atoms with E-state index < -0.39 is 11.6 Å². The second-order valence-corrected chi connectivity index (χ2v) is 4.48. The van der Waals surface area contributed by atoms with Crippen LogP contribution in [-0.4, -0.2) is 12.1 Å². The molecule has 0 saturated heterocycles.